The second kappa shape index (κ2) is 3.32. The molecule has 1 saturated heterocycles. The first-order valence-electron chi connectivity index (χ1n) is 4.86. The summed E-state index contributed by atoms with van der Waals surface area (Å²) in [6, 6.07) is 0. The molecule has 0 amide bonds. The van der Waals surface area contributed by atoms with Crippen LogP contribution < -0.4 is 11.1 Å². The van der Waals surface area contributed by atoms with Gasteiger partial charge < -0.3 is 15.8 Å². The van der Waals surface area contributed by atoms with E-state index < -0.39 is 0 Å². The van der Waals surface area contributed by atoms with E-state index in [-0.39, 0.29) is 5.54 Å². The summed E-state index contributed by atoms with van der Waals surface area (Å²) >= 11 is 0. The predicted octanol–water partition coefficient (Wildman–Crippen LogP) is 0.104. The van der Waals surface area contributed by atoms with E-state index in [4.69, 9.17) is 10.5 Å². The van der Waals surface area contributed by atoms with E-state index in [9.17, 15) is 0 Å². The molecule has 70 valence electrons. The van der Waals surface area contributed by atoms with Gasteiger partial charge in [-0.25, -0.2) is 0 Å². The van der Waals surface area contributed by atoms with Gasteiger partial charge in [0.05, 0.1) is 6.61 Å². The van der Waals surface area contributed by atoms with Gasteiger partial charge >= 0.3 is 0 Å². The summed E-state index contributed by atoms with van der Waals surface area (Å²) in [4.78, 5) is 0. The second-order valence-corrected chi connectivity index (χ2v) is 4.22. The summed E-state index contributed by atoms with van der Waals surface area (Å²) in [6.45, 7) is 3.95. The molecule has 1 aliphatic carbocycles. The lowest BCUT2D eigenvalue weighted by molar-refractivity contribution is 0.185. The van der Waals surface area contributed by atoms with Crippen LogP contribution in [-0.2, 0) is 4.74 Å². The molecule has 12 heavy (non-hydrogen) atoms. The fraction of sp³-hybridized carbons (Fsp3) is 1.00. The minimum atomic E-state index is 0.152. The molecule has 1 heterocycles. The molecule has 0 bridgehead atoms. The highest BCUT2D eigenvalue weighted by molar-refractivity contribution is 5.00. The standard InChI is InChI=1S/C9H18N2O/c10-9(2-3-9)7-11-5-8-1-4-12-6-8/h8,11H,1-7,10H2. The minimum Gasteiger partial charge on any atom is -0.381 e. The Morgan fingerprint density at radius 3 is 2.92 bits per heavy atom. The van der Waals surface area contributed by atoms with E-state index in [0.717, 1.165) is 32.2 Å². The van der Waals surface area contributed by atoms with Crippen molar-refractivity contribution in [3.8, 4) is 0 Å². The number of nitrogens with one attached hydrogen (secondary N) is 1. The van der Waals surface area contributed by atoms with Crippen LogP contribution in [0.4, 0.5) is 0 Å². The van der Waals surface area contributed by atoms with Crippen LogP contribution in [0.25, 0.3) is 0 Å². The molecule has 2 aliphatic rings. The van der Waals surface area contributed by atoms with Gasteiger partial charge in [0.1, 0.15) is 0 Å². The zero-order valence-electron chi connectivity index (χ0n) is 7.51. The van der Waals surface area contributed by atoms with Crippen LogP contribution in [0.3, 0.4) is 0 Å². The van der Waals surface area contributed by atoms with E-state index in [1.54, 1.807) is 0 Å². The maximum absolute atomic E-state index is 5.94. The lowest BCUT2D eigenvalue weighted by Gasteiger charge is -2.12. The van der Waals surface area contributed by atoms with Crippen molar-refractivity contribution in [2.24, 2.45) is 11.7 Å². The lowest BCUT2D eigenvalue weighted by atomic mass is 10.1. The van der Waals surface area contributed by atoms with Crippen molar-refractivity contribution in [3.63, 3.8) is 0 Å². The average Bonchev–Trinajstić information content (AvgIpc) is 2.61. The molecule has 0 spiro atoms. The Hall–Kier alpha value is -0.120. The topological polar surface area (TPSA) is 47.3 Å². The molecule has 2 fully saturated rings. The smallest absolute Gasteiger partial charge is 0.0507 e. The maximum atomic E-state index is 5.94. The second-order valence-electron chi connectivity index (χ2n) is 4.22. The molecule has 1 unspecified atom stereocenters. The van der Waals surface area contributed by atoms with Gasteiger partial charge in [0, 0.05) is 25.2 Å². The highest BCUT2D eigenvalue weighted by atomic mass is 16.5. The number of hydrogen-bond donors (Lipinski definition) is 2. The van der Waals surface area contributed by atoms with Gasteiger partial charge in [-0.2, -0.15) is 0 Å². The Bertz CT molecular complexity index is 151. The summed E-state index contributed by atoms with van der Waals surface area (Å²) in [7, 11) is 0. The third-order valence-corrected chi connectivity index (χ3v) is 2.83. The number of ether oxygens (including phenoxy) is 1. The van der Waals surface area contributed by atoms with Gasteiger partial charge in [0.15, 0.2) is 0 Å². The van der Waals surface area contributed by atoms with E-state index >= 15 is 0 Å². The van der Waals surface area contributed by atoms with Crippen LogP contribution in [-0.4, -0.2) is 31.8 Å². The van der Waals surface area contributed by atoms with Gasteiger partial charge in [-0.3, -0.25) is 0 Å². The van der Waals surface area contributed by atoms with Crippen molar-refractivity contribution in [1.29, 1.82) is 0 Å². The van der Waals surface area contributed by atoms with Gasteiger partial charge in [0.2, 0.25) is 0 Å². The van der Waals surface area contributed by atoms with E-state index in [0.29, 0.717) is 0 Å². The molecular formula is C9H18N2O. The Morgan fingerprint density at radius 2 is 2.33 bits per heavy atom. The molecule has 1 atom stereocenters. The molecular weight excluding hydrogens is 152 g/mol. The SMILES string of the molecule is NC1(CNCC2CCOC2)CC1. The Kier molecular flexibility index (Phi) is 2.35. The van der Waals surface area contributed by atoms with Crippen LogP contribution in [0, 0.1) is 5.92 Å². The molecule has 3 heteroatoms. The summed E-state index contributed by atoms with van der Waals surface area (Å²) in [5, 5.41) is 3.42. The summed E-state index contributed by atoms with van der Waals surface area (Å²) < 4.78 is 5.28. The lowest BCUT2D eigenvalue weighted by Crippen LogP contribution is -2.38. The van der Waals surface area contributed by atoms with Crippen molar-refractivity contribution in [1.82, 2.24) is 5.32 Å². The maximum Gasteiger partial charge on any atom is 0.0507 e. The van der Waals surface area contributed by atoms with E-state index in [1.807, 2.05) is 0 Å². The van der Waals surface area contributed by atoms with E-state index in [2.05, 4.69) is 5.32 Å². The van der Waals surface area contributed by atoms with Crippen molar-refractivity contribution < 1.29 is 4.74 Å². The predicted molar refractivity (Wildman–Crippen MR) is 47.9 cm³/mol. The van der Waals surface area contributed by atoms with Crippen LogP contribution in [0.5, 0.6) is 0 Å². The van der Waals surface area contributed by atoms with Crippen LogP contribution in [0.2, 0.25) is 0 Å². The van der Waals surface area contributed by atoms with Crippen LogP contribution >= 0.6 is 0 Å². The summed E-state index contributed by atoms with van der Waals surface area (Å²) in [6.07, 6.45) is 3.60. The number of rotatable bonds is 4. The molecule has 1 saturated carbocycles. The normalized spacial score (nSPS) is 32.2. The summed E-state index contributed by atoms with van der Waals surface area (Å²) in [5.74, 6) is 0.729. The Labute approximate surface area is 73.7 Å². The van der Waals surface area contributed by atoms with Crippen molar-refractivity contribution in [3.05, 3.63) is 0 Å². The molecule has 0 radical (unpaired) electrons. The van der Waals surface area contributed by atoms with Crippen molar-refractivity contribution in [2.75, 3.05) is 26.3 Å². The number of hydrogen-bond acceptors (Lipinski definition) is 3. The molecule has 2 rings (SSSR count). The minimum absolute atomic E-state index is 0.152. The Balaban J connectivity index is 1.56. The van der Waals surface area contributed by atoms with Crippen molar-refractivity contribution >= 4 is 0 Å². The number of nitrogens with two attached hydrogens (primary N) is 1. The van der Waals surface area contributed by atoms with Crippen LogP contribution in [0.15, 0.2) is 0 Å². The van der Waals surface area contributed by atoms with Gasteiger partial charge in [-0.15, -0.1) is 0 Å². The highest BCUT2D eigenvalue weighted by Crippen LogP contribution is 2.31. The molecule has 1 aliphatic heterocycles. The third-order valence-electron chi connectivity index (χ3n) is 2.83. The average molecular weight is 170 g/mol. The van der Waals surface area contributed by atoms with Gasteiger partial charge in [-0.1, -0.05) is 0 Å². The summed E-state index contributed by atoms with van der Waals surface area (Å²) in [5.41, 5.74) is 6.09. The first kappa shape index (κ1) is 8.48. The van der Waals surface area contributed by atoms with E-state index in [1.165, 1.54) is 19.3 Å². The largest absolute Gasteiger partial charge is 0.381 e. The first-order chi connectivity index (χ1) is 5.79. The quantitative estimate of drug-likeness (QED) is 0.629. The molecule has 0 aromatic rings. The highest BCUT2D eigenvalue weighted by Gasteiger charge is 2.37. The zero-order valence-corrected chi connectivity index (χ0v) is 7.51. The third kappa shape index (κ3) is 2.19. The fourth-order valence-corrected chi connectivity index (χ4v) is 1.61. The molecule has 0 aromatic heterocycles. The van der Waals surface area contributed by atoms with Gasteiger partial charge in [-0.05, 0) is 25.2 Å². The fourth-order valence-electron chi connectivity index (χ4n) is 1.61. The Morgan fingerprint density at radius 1 is 1.50 bits per heavy atom. The van der Waals surface area contributed by atoms with Crippen LogP contribution in [0.1, 0.15) is 19.3 Å². The van der Waals surface area contributed by atoms with Gasteiger partial charge in [0.25, 0.3) is 0 Å². The monoisotopic (exact) mass is 170 g/mol. The molecule has 3 nitrogen and oxygen atoms in total. The first-order valence-corrected chi connectivity index (χ1v) is 4.86. The van der Waals surface area contributed by atoms with Crippen molar-refractivity contribution in [2.45, 2.75) is 24.8 Å². The molecule has 0 aromatic carbocycles. The molecule has 3 N–H and O–H groups in total. The zero-order chi connectivity index (χ0) is 8.44.